The summed E-state index contributed by atoms with van der Waals surface area (Å²) in [6.07, 6.45) is 3.98. The highest BCUT2D eigenvalue weighted by Crippen LogP contribution is 2.29. The Morgan fingerprint density at radius 2 is 1.79 bits per heavy atom. The lowest BCUT2D eigenvalue weighted by Crippen LogP contribution is -2.25. The van der Waals surface area contributed by atoms with Gasteiger partial charge in [0, 0.05) is 35.6 Å². The Bertz CT molecular complexity index is 1600. The van der Waals surface area contributed by atoms with Gasteiger partial charge in [-0.15, -0.1) is 0 Å². The third-order valence-corrected chi connectivity index (χ3v) is 9.06. The zero-order valence-corrected chi connectivity index (χ0v) is 20.0. The summed E-state index contributed by atoms with van der Waals surface area (Å²) in [5.74, 6) is 0.104. The first-order valence-electron chi connectivity index (χ1n) is 10.7. The van der Waals surface area contributed by atoms with Gasteiger partial charge >= 0.3 is 0 Å². The molecule has 5 rings (SSSR count). The Hall–Kier alpha value is -3.50. The second-order valence-electron chi connectivity index (χ2n) is 8.14. The van der Waals surface area contributed by atoms with Gasteiger partial charge in [0.25, 0.3) is 10.0 Å². The second-order valence-corrected chi connectivity index (χ2v) is 11.8. The molecule has 2 aromatic carbocycles. The molecular formula is C24H22N4O4S2. The highest BCUT2D eigenvalue weighted by molar-refractivity contribution is 7.93. The molecule has 34 heavy (non-hydrogen) atoms. The van der Waals surface area contributed by atoms with Gasteiger partial charge in [0.15, 0.2) is 0 Å². The molecule has 0 amide bonds. The third-order valence-electron chi connectivity index (χ3n) is 5.79. The summed E-state index contributed by atoms with van der Waals surface area (Å²) in [5.41, 5.74) is 4.18. The molecule has 10 heteroatoms. The van der Waals surface area contributed by atoms with Gasteiger partial charge in [-0.2, -0.15) is 0 Å². The number of pyridine rings is 2. The van der Waals surface area contributed by atoms with Crippen LogP contribution in [0.25, 0.3) is 22.2 Å². The summed E-state index contributed by atoms with van der Waals surface area (Å²) in [4.78, 5) is 8.84. The van der Waals surface area contributed by atoms with Gasteiger partial charge in [-0.05, 0) is 73.5 Å². The molecule has 0 saturated carbocycles. The van der Waals surface area contributed by atoms with E-state index in [0.29, 0.717) is 24.3 Å². The highest BCUT2D eigenvalue weighted by Gasteiger charge is 2.28. The molecule has 1 fully saturated rings. The van der Waals surface area contributed by atoms with Crippen LogP contribution in [0.1, 0.15) is 12.0 Å². The van der Waals surface area contributed by atoms with Gasteiger partial charge in [-0.1, -0.05) is 6.07 Å². The van der Waals surface area contributed by atoms with Crippen LogP contribution in [0.4, 0.5) is 11.4 Å². The Labute approximate surface area is 198 Å². The van der Waals surface area contributed by atoms with Crippen molar-refractivity contribution in [2.75, 3.05) is 21.3 Å². The summed E-state index contributed by atoms with van der Waals surface area (Å²) in [5, 5.41) is 0.922. The van der Waals surface area contributed by atoms with Crippen LogP contribution in [-0.4, -0.2) is 39.1 Å². The maximum absolute atomic E-state index is 13.0. The standard InChI is InChI=1S/C24H22N4O4S2/c1-17-3-5-19(15-22(17)24-10-4-18-16-25-12-11-23(18)26-24)27-34(31,32)21-8-6-20(7-9-21)28-13-2-14-33(28,29)30/h3-12,15-16,27H,2,13-14H2,1H3. The molecule has 3 heterocycles. The fourth-order valence-corrected chi connectivity index (χ4v) is 6.63. The summed E-state index contributed by atoms with van der Waals surface area (Å²) in [7, 11) is -7.20. The smallest absolute Gasteiger partial charge is 0.261 e. The number of hydrogen-bond acceptors (Lipinski definition) is 6. The number of nitrogens with one attached hydrogen (secondary N) is 1. The lowest BCUT2D eigenvalue weighted by Gasteiger charge is -2.17. The second kappa shape index (κ2) is 8.37. The lowest BCUT2D eigenvalue weighted by atomic mass is 10.0. The largest absolute Gasteiger partial charge is 0.280 e. The Morgan fingerprint density at radius 1 is 1.00 bits per heavy atom. The van der Waals surface area contributed by atoms with Crippen molar-refractivity contribution in [2.24, 2.45) is 0 Å². The predicted molar refractivity (Wildman–Crippen MR) is 133 cm³/mol. The van der Waals surface area contributed by atoms with Crippen LogP contribution in [0, 0.1) is 6.92 Å². The number of benzene rings is 2. The van der Waals surface area contributed by atoms with E-state index in [2.05, 4.69) is 9.71 Å². The van der Waals surface area contributed by atoms with E-state index in [-0.39, 0.29) is 10.6 Å². The molecule has 2 aromatic heterocycles. The number of rotatable bonds is 5. The van der Waals surface area contributed by atoms with E-state index >= 15 is 0 Å². The van der Waals surface area contributed by atoms with Gasteiger partial charge < -0.3 is 0 Å². The predicted octanol–water partition coefficient (Wildman–Crippen LogP) is 3.95. The molecule has 1 aliphatic rings. The van der Waals surface area contributed by atoms with Crippen molar-refractivity contribution in [3.8, 4) is 11.3 Å². The fraction of sp³-hybridized carbons (Fsp3) is 0.167. The van der Waals surface area contributed by atoms with Crippen molar-refractivity contribution in [3.05, 3.63) is 78.6 Å². The van der Waals surface area contributed by atoms with Crippen LogP contribution in [0.15, 0.2) is 78.0 Å². The lowest BCUT2D eigenvalue weighted by molar-refractivity contribution is 0.599. The minimum Gasteiger partial charge on any atom is -0.280 e. The monoisotopic (exact) mass is 494 g/mol. The average molecular weight is 495 g/mol. The molecular weight excluding hydrogens is 472 g/mol. The zero-order chi connectivity index (χ0) is 23.9. The number of aromatic nitrogens is 2. The Balaban J connectivity index is 1.42. The highest BCUT2D eigenvalue weighted by atomic mass is 32.2. The minimum absolute atomic E-state index is 0.0475. The number of anilines is 2. The molecule has 4 aromatic rings. The van der Waals surface area contributed by atoms with Crippen LogP contribution in [0.2, 0.25) is 0 Å². The molecule has 1 saturated heterocycles. The first-order chi connectivity index (χ1) is 16.2. The molecule has 8 nitrogen and oxygen atoms in total. The normalized spacial score (nSPS) is 15.5. The number of aryl methyl sites for hydroxylation is 1. The van der Waals surface area contributed by atoms with E-state index in [1.165, 1.54) is 28.6 Å². The molecule has 0 atom stereocenters. The topological polar surface area (TPSA) is 109 Å². The molecule has 0 radical (unpaired) electrons. The number of nitrogens with zero attached hydrogens (tertiary/aromatic N) is 3. The molecule has 0 unspecified atom stereocenters. The van der Waals surface area contributed by atoms with E-state index in [1.54, 1.807) is 24.5 Å². The fourth-order valence-electron chi connectivity index (χ4n) is 4.01. The molecule has 0 bridgehead atoms. The van der Waals surface area contributed by atoms with Gasteiger partial charge in [0.1, 0.15) is 0 Å². The van der Waals surface area contributed by atoms with Crippen LogP contribution in [-0.2, 0) is 20.0 Å². The van der Waals surface area contributed by atoms with Crippen LogP contribution in [0.3, 0.4) is 0 Å². The Kier molecular flexibility index (Phi) is 5.49. The van der Waals surface area contributed by atoms with Crippen molar-refractivity contribution in [3.63, 3.8) is 0 Å². The summed E-state index contributed by atoms with van der Waals surface area (Å²) in [6, 6.07) is 16.8. The van der Waals surface area contributed by atoms with E-state index in [4.69, 9.17) is 4.98 Å². The van der Waals surface area contributed by atoms with E-state index in [0.717, 1.165) is 27.7 Å². The first kappa shape index (κ1) is 22.3. The maximum Gasteiger partial charge on any atom is 0.261 e. The number of sulfonamides is 2. The van der Waals surface area contributed by atoms with Crippen molar-refractivity contribution in [1.29, 1.82) is 0 Å². The maximum atomic E-state index is 13.0. The average Bonchev–Trinajstić information content (AvgIpc) is 3.19. The summed E-state index contributed by atoms with van der Waals surface area (Å²) in [6.45, 7) is 2.34. The van der Waals surface area contributed by atoms with Crippen molar-refractivity contribution < 1.29 is 16.8 Å². The minimum atomic E-state index is -3.88. The van der Waals surface area contributed by atoms with Gasteiger partial charge in [-0.3, -0.25) is 14.0 Å². The third kappa shape index (κ3) is 4.22. The molecule has 1 N–H and O–H groups in total. The molecule has 0 spiro atoms. The van der Waals surface area contributed by atoms with Crippen LogP contribution < -0.4 is 9.03 Å². The molecule has 174 valence electrons. The van der Waals surface area contributed by atoms with Crippen molar-refractivity contribution in [2.45, 2.75) is 18.2 Å². The SMILES string of the molecule is Cc1ccc(NS(=O)(=O)c2ccc(N3CCCS3(=O)=O)cc2)cc1-c1ccc2cnccc2n1. The van der Waals surface area contributed by atoms with Crippen molar-refractivity contribution >= 4 is 42.3 Å². The summed E-state index contributed by atoms with van der Waals surface area (Å²) < 4.78 is 54.2. The van der Waals surface area contributed by atoms with E-state index in [9.17, 15) is 16.8 Å². The Morgan fingerprint density at radius 3 is 2.53 bits per heavy atom. The van der Waals surface area contributed by atoms with Gasteiger partial charge in [-0.25, -0.2) is 21.8 Å². The van der Waals surface area contributed by atoms with Gasteiger partial charge in [0.2, 0.25) is 10.0 Å². The number of fused-ring (bicyclic) bond motifs is 1. The number of hydrogen-bond donors (Lipinski definition) is 1. The van der Waals surface area contributed by atoms with E-state index in [1.807, 2.05) is 31.2 Å². The molecule has 1 aliphatic heterocycles. The van der Waals surface area contributed by atoms with E-state index < -0.39 is 20.0 Å². The van der Waals surface area contributed by atoms with Gasteiger partial charge in [0.05, 0.1) is 27.5 Å². The quantitative estimate of drug-likeness (QED) is 0.450. The van der Waals surface area contributed by atoms with Crippen LogP contribution >= 0.6 is 0 Å². The molecule has 0 aliphatic carbocycles. The van der Waals surface area contributed by atoms with Crippen LogP contribution in [0.5, 0.6) is 0 Å². The zero-order valence-electron chi connectivity index (χ0n) is 18.3. The van der Waals surface area contributed by atoms with Crippen molar-refractivity contribution in [1.82, 2.24) is 9.97 Å². The summed E-state index contributed by atoms with van der Waals surface area (Å²) >= 11 is 0. The first-order valence-corrected chi connectivity index (χ1v) is 13.8.